The van der Waals surface area contributed by atoms with Crippen LogP contribution in [0.4, 0.5) is 17.8 Å². The van der Waals surface area contributed by atoms with Crippen LogP contribution in [0.3, 0.4) is 0 Å². The van der Waals surface area contributed by atoms with Crippen molar-refractivity contribution in [3.63, 3.8) is 0 Å². The Kier molecular flexibility index (Phi) is 4.36. The second kappa shape index (κ2) is 6.01. The van der Waals surface area contributed by atoms with Crippen LogP contribution in [0.1, 0.15) is 6.92 Å². The van der Waals surface area contributed by atoms with Gasteiger partial charge in [0.05, 0.1) is 0 Å². The van der Waals surface area contributed by atoms with E-state index in [9.17, 15) is 0 Å². The van der Waals surface area contributed by atoms with Gasteiger partial charge in [-0.2, -0.15) is 15.0 Å². The quantitative estimate of drug-likeness (QED) is 0.829. The molecular weight excluding hydrogens is 242 g/mol. The van der Waals surface area contributed by atoms with E-state index in [-0.39, 0.29) is 0 Å². The first-order valence-corrected chi connectivity index (χ1v) is 6.72. The summed E-state index contributed by atoms with van der Waals surface area (Å²) in [5, 5.41) is 3.00. The van der Waals surface area contributed by atoms with E-state index in [4.69, 9.17) is 0 Å². The van der Waals surface area contributed by atoms with Crippen LogP contribution >= 0.6 is 0 Å². The van der Waals surface area contributed by atoms with Gasteiger partial charge in [0.2, 0.25) is 17.8 Å². The molecule has 106 valence electrons. The van der Waals surface area contributed by atoms with Crippen molar-refractivity contribution < 1.29 is 0 Å². The first kappa shape index (κ1) is 13.8. The predicted octanol–water partition coefficient (Wildman–Crippen LogP) is 0.121. The van der Waals surface area contributed by atoms with E-state index in [1.165, 1.54) is 0 Å². The van der Waals surface area contributed by atoms with Crippen molar-refractivity contribution in [1.82, 2.24) is 19.9 Å². The second-order valence-electron chi connectivity index (χ2n) is 4.82. The second-order valence-corrected chi connectivity index (χ2v) is 4.82. The van der Waals surface area contributed by atoms with Crippen LogP contribution in [0.2, 0.25) is 0 Å². The largest absolute Gasteiger partial charge is 0.357 e. The monoisotopic (exact) mass is 265 g/mol. The molecule has 19 heavy (non-hydrogen) atoms. The molecule has 0 spiro atoms. The van der Waals surface area contributed by atoms with Gasteiger partial charge in [0.15, 0.2) is 0 Å². The number of nitrogens with one attached hydrogen (secondary N) is 1. The van der Waals surface area contributed by atoms with Crippen LogP contribution < -0.4 is 15.1 Å². The fourth-order valence-corrected chi connectivity index (χ4v) is 2.07. The lowest BCUT2D eigenvalue weighted by atomic mass is 10.3. The molecule has 1 N–H and O–H groups in total. The summed E-state index contributed by atoms with van der Waals surface area (Å²) in [5.41, 5.74) is 0. The molecule has 1 aromatic rings. The van der Waals surface area contributed by atoms with Crippen LogP contribution in [-0.4, -0.2) is 73.7 Å². The van der Waals surface area contributed by atoms with Crippen molar-refractivity contribution in [3.05, 3.63) is 0 Å². The topological polar surface area (TPSA) is 60.4 Å². The smallest absolute Gasteiger partial charge is 0.232 e. The maximum absolute atomic E-state index is 4.53. The first-order chi connectivity index (χ1) is 9.13. The third-order valence-electron chi connectivity index (χ3n) is 3.34. The highest BCUT2D eigenvalue weighted by Crippen LogP contribution is 2.16. The number of piperazine rings is 1. The van der Waals surface area contributed by atoms with Crippen molar-refractivity contribution in [2.75, 3.05) is 69.0 Å². The van der Waals surface area contributed by atoms with Gasteiger partial charge in [0.1, 0.15) is 0 Å². The molecule has 2 rings (SSSR count). The zero-order chi connectivity index (χ0) is 13.8. The first-order valence-electron chi connectivity index (χ1n) is 6.72. The molecule has 0 aliphatic carbocycles. The lowest BCUT2D eigenvalue weighted by Crippen LogP contribution is -2.46. The summed E-state index contributed by atoms with van der Waals surface area (Å²) in [5.74, 6) is 2.07. The number of aromatic nitrogens is 3. The van der Waals surface area contributed by atoms with Gasteiger partial charge >= 0.3 is 0 Å². The molecule has 1 aliphatic heterocycles. The molecule has 1 aliphatic rings. The summed E-state index contributed by atoms with van der Waals surface area (Å²) < 4.78 is 0. The Morgan fingerprint density at radius 1 is 1.11 bits per heavy atom. The van der Waals surface area contributed by atoms with Gasteiger partial charge in [0.25, 0.3) is 0 Å². The van der Waals surface area contributed by atoms with Crippen LogP contribution in [0.25, 0.3) is 0 Å². The van der Waals surface area contributed by atoms with Crippen molar-refractivity contribution in [1.29, 1.82) is 0 Å². The Morgan fingerprint density at radius 2 is 1.79 bits per heavy atom. The van der Waals surface area contributed by atoms with Gasteiger partial charge in [-0.05, 0) is 6.54 Å². The maximum atomic E-state index is 4.53. The molecule has 0 unspecified atom stereocenters. The molecular formula is C12H23N7. The van der Waals surface area contributed by atoms with Crippen LogP contribution in [0.5, 0.6) is 0 Å². The molecule has 1 fully saturated rings. The van der Waals surface area contributed by atoms with E-state index in [2.05, 4.69) is 37.0 Å². The molecule has 0 atom stereocenters. The van der Waals surface area contributed by atoms with Crippen LogP contribution in [0.15, 0.2) is 0 Å². The molecule has 0 bridgehead atoms. The van der Waals surface area contributed by atoms with Crippen molar-refractivity contribution >= 4 is 17.8 Å². The zero-order valence-electron chi connectivity index (χ0n) is 12.2. The number of rotatable bonds is 4. The van der Waals surface area contributed by atoms with Gasteiger partial charge in [-0.15, -0.1) is 0 Å². The summed E-state index contributed by atoms with van der Waals surface area (Å²) in [6.07, 6.45) is 0. The van der Waals surface area contributed by atoms with Gasteiger partial charge in [0, 0.05) is 47.3 Å². The SMILES string of the molecule is CCN1CCN(c2nc(NC)nc(N(C)C)n2)CC1. The van der Waals surface area contributed by atoms with Gasteiger partial charge in [-0.25, -0.2) is 0 Å². The fraction of sp³-hybridized carbons (Fsp3) is 0.750. The van der Waals surface area contributed by atoms with Crippen LogP contribution in [-0.2, 0) is 0 Å². The Hall–Kier alpha value is -1.63. The Labute approximate surface area is 114 Å². The molecule has 0 aromatic carbocycles. The molecule has 0 amide bonds. The molecule has 1 aromatic heterocycles. The Balaban J connectivity index is 2.17. The highest BCUT2D eigenvalue weighted by Gasteiger charge is 2.19. The standard InChI is InChI=1S/C12H23N7/c1-5-18-6-8-19(9-7-18)12-15-10(13-2)14-11(16-12)17(3)4/h5-9H2,1-4H3,(H,13,14,15,16). The van der Waals surface area contributed by atoms with Gasteiger partial charge in [-0.1, -0.05) is 6.92 Å². The fourth-order valence-electron chi connectivity index (χ4n) is 2.07. The highest BCUT2D eigenvalue weighted by molar-refractivity contribution is 5.44. The van der Waals surface area contributed by atoms with Crippen molar-refractivity contribution in [3.8, 4) is 0 Å². The maximum Gasteiger partial charge on any atom is 0.232 e. The number of likely N-dealkylation sites (N-methyl/N-ethyl adjacent to an activating group) is 1. The summed E-state index contributed by atoms with van der Waals surface area (Å²) in [4.78, 5) is 19.9. The minimum atomic E-state index is 0.617. The molecule has 0 saturated carbocycles. The van der Waals surface area contributed by atoms with E-state index in [0.29, 0.717) is 11.9 Å². The average Bonchev–Trinajstić information content (AvgIpc) is 2.46. The zero-order valence-corrected chi connectivity index (χ0v) is 12.2. The van der Waals surface area contributed by atoms with Crippen LogP contribution in [0, 0.1) is 0 Å². The predicted molar refractivity (Wildman–Crippen MR) is 78.0 cm³/mol. The summed E-state index contributed by atoms with van der Waals surface area (Å²) in [6.45, 7) is 7.36. The van der Waals surface area contributed by atoms with Crippen molar-refractivity contribution in [2.24, 2.45) is 0 Å². The summed E-state index contributed by atoms with van der Waals surface area (Å²) >= 11 is 0. The van der Waals surface area contributed by atoms with E-state index in [1.54, 1.807) is 0 Å². The van der Waals surface area contributed by atoms with E-state index in [0.717, 1.165) is 38.7 Å². The Bertz CT molecular complexity index is 413. The number of hydrogen-bond donors (Lipinski definition) is 1. The van der Waals surface area contributed by atoms with Gasteiger partial charge < -0.3 is 20.0 Å². The number of anilines is 3. The minimum Gasteiger partial charge on any atom is -0.357 e. The molecule has 1 saturated heterocycles. The minimum absolute atomic E-state index is 0.617. The van der Waals surface area contributed by atoms with E-state index >= 15 is 0 Å². The van der Waals surface area contributed by atoms with Gasteiger partial charge in [-0.3, -0.25) is 0 Å². The van der Waals surface area contributed by atoms with Crippen molar-refractivity contribution in [2.45, 2.75) is 6.92 Å². The summed E-state index contributed by atoms with van der Waals surface area (Å²) in [7, 11) is 5.70. The molecule has 7 heteroatoms. The Morgan fingerprint density at radius 3 is 2.32 bits per heavy atom. The van der Waals surface area contributed by atoms with E-state index in [1.807, 2.05) is 26.0 Å². The number of hydrogen-bond acceptors (Lipinski definition) is 7. The third-order valence-corrected chi connectivity index (χ3v) is 3.34. The third kappa shape index (κ3) is 3.23. The number of nitrogens with zero attached hydrogens (tertiary/aromatic N) is 6. The summed E-state index contributed by atoms with van der Waals surface area (Å²) in [6, 6.07) is 0. The molecule has 2 heterocycles. The molecule has 7 nitrogen and oxygen atoms in total. The average molecular weight is 265 g/mol. The lowest BCUT2D eigenvalue weighted by molar-refractivity contribution is 0.270. The highest BCUT2D eigenvalue weighted by atomic mass is 15.4. The molecule has 0 radical (unpaired) electrons. The lowest BCUT2D eigenvalue weighted by Gasteiger charge is -2.34. The van der Waals surface area contributed by atoms with E-state index < -0.39 is 0 Å². The normalized spacial score (nSPS) is 16.5.